The molecule has 0 amide bonds. The summed E-state index contributed by atoms with van der Waals surface area (Å²) in [4.78, 5) is 4.05. The first-order valence-corrected chi connectivity index (χ1v) is 4.30. The summed E-state index contributed by atoms with van der Waals surface area (Å²) in [6.07, 6.45) is 9.46. The highest BCUT2D eigenvalue weighted by Gasteiger charge is 1.94. The van der Waals surface area contributed by atoms with Gasteiger partial charge in [0.05, 0.1) is 5.69 Å². The highest BCUT2D eigenvalue weighted by Crippen LogP contribution is 2.04. The molecule has 2 nitrogen and oxygen atoms in total. The molecule has 0 aliphatic heterocycles. The van der Waals surface area contributed by atoms with Crippen LogP contribution in [0, 0.1) is 0 Å². The molecule has 0 aliphatic rings. The van der Waals surface area contributed by atoms with Crippen molar-refractivity contribution >= 4 is 0 Å². The minimum absolute atomic E-state index is 1.07. The summed E-state index contributed by atoms with van der Waals surface area (Å²) in [6, 6.07) is 0. The predicted molar refractivity (Wildman–Crippen MR) is 44.3 cm³/mol. The van der Waals surface area contributed by atoms with Crippen LogP contribution in [0.3, 0.4) is 0 Å². The summed E-state index contributed by atoms with van der Waals surface area (Å²) in [6.45, 7) is 2.22. The van der Waals surface area contributed by atoms with Gasteiger partial charge >= 0.3 is 0 Å². The Labute approximate surface area is 67.6 Å². The normalized spacial score (nSPS) is 10.3. The number of hydrogen-bond donors (Lipinski definition) is 0. The van der Waals surface area contributed by atoms with Gasteiger partial charge in [-0.2, -0.15) is 0 Å². The quantitative estimate of drug-likeness (QED) is 0.608. The molecule has 0 atom stereocenters. The molecule has 0 saturated carbocycles. The zero-order valence-corrected chi connectivity index (χ0v) is 7.05. The van der Waals surface area contributed by atoms with E-state index >= 15 is 0 Å². The zero-order chi connectivity index (χ0) is 7.94. The van der Waals surface area contributed by atoms with Gasteiger partial charge in [-0.3, -0.25) is 0 Å². The second-order valence-corrected chi connectivity index (χ2v) is 2.79. The van der Waals surface area contributed by atoms with Crippen LogP contribution in [0.2, 0.25) is 0 Å². The fourth-order valence-corrected chi connectivity index (χ4v) is 1.09. The van der Waals surface area contributed by atoms with Crippen molar-refractivity contribution in [2.45, 2.75) is 39.0 Å². The van der Waals surface area contributed by atoms with Crippen LogP contribution in [-0.4, -0.2) is 4.98 Å². The maximum atomic E-state index is 4.86. The monoisotopic (exact) mass is 153 g/mol. The summed E-state index contributed by atoms with van der Waals surface area (Å²) >= 11 is 0. The van der Waals surface area contributed by atoms with E-state index in [2.05, 4.69) is 11.9 Å². The van der Waals surface area contributed by atoms with Crippen molar-refractivity contribution in [3.8, 4) is 0 Å². The molecular weight excluding hydrogens is 138 g/mol. The molecular formula is C9H15NO. The molecule has 0 fully saturated rings. The number of aromatic nitrogens is 1. The van der Waals surface area contributed by atoms with Crippen LogP contribution in [0.15, 0.2) is 17.1 Å². The Morgan fingerprint density at radius 3 is 2.91 bits per heavy atom. The number of hydrogen-bond acceptors (Lipinski definition) is 2. The van der Waals surface area contributed by atoms with Gasteiger partial charge in [0.2, 0.25) is 0 Å². The molecule has 0 unspecified atom stereocenters. The molecule has 0 radical (unpaired) electrons. The van der Waals surface area contributed by atoms with Crippen LogP contribution in [-0.2, 0) is 6.42 Å². The van der Waals surface area contributed by atoms with E-state index in [9.17, 15) is 0 Å². The highest BCUT2D eigenvalue weighted by molar-refractivity contribution is 4.90. The second kappa shape index (κ2) is 4.94. The summed E-state index contributed by atoms with van der Waals surface area (Å²) in [5.74, 6) is 0. The Bertz CT molecular complexity index is 170. The second-order valence-electron chi connectivity index (χ2n) is 2.79. The lowest BCUT2D eigenvalue weighted by Gasteiger charge is -1.94. The minimum Gasteiger partial charge on any atom is -0.451 e. The number of nitrogens with zero attached hydrogens (tertiary/aromatic N) is 1. The average Bonchev–Trinajstić information content (AvgIpc) is 2.50. The molecule has 1 aromatic rings. The molecule has 0 saturated heterocycles. The standard InChI is InChI=1S/C9H15NO/c1-2-3-4-5-6-9-7-11-8-10-9/h7-8H,2-6H2,1H3. The van der Waals surface area contributed by atoms with Gasteiger partial charge in [-0.25, -0.2) is 4.98 Å². The van der Waals surface area contributed by atoms with Crippen molar-refractivity contribution in [1.29, 1.82) is 0 Å². The van der Waals surface area contributed by atoms with Gasteiger partial charge in [0, 0.05) is 0 Å². The van der Waals surface area contributed by atoms with Gasteiger partial charge < -0.3 is 4.42 Å². The Hall–Kier alpha value is -0.790. The lowest BCUT2D eigenvalue weighted by Crippen LogP contribution is -1.84. The SMILES string of the molecule is CCCCCCc1cocn1. The third kappa shape index (κ3) is 3.21. The van der Waals surface area contributed by atoms with Gasteiger partial charge in [-0.1, -0.05) is 26.2 Å². The van der Waals surface area contributed by atoms with Crippen molar-refractivity contribution in [3.05, 3.63) is 18.4 Å². The van der Waals surface area contributed by atoms with Gasteiger partial charge in [0.15, 0.2) is 6.39 Å². The van der Waals surface area contributed by atoms with E-state index in [1.807, 2.05) is 0 Å². The molecule has 1 heterocycles. The summed E-state index contributed by atoms with van der Waals surface area (Å²) in [7, 11) is 0. The Morgan fingerprint density at radius 1 is 1.36 bits per heavy atom. The molecule has 11 heavy (non-hydrogen) atoms. The molecule has 0 aliphatic carbocycles. The maximum Gasteiger partial charge on any atom is 0.180 e. The van der Waals surface area contributed by atoms with Crippen LogP contribution in [0.1, 0.15) is 38.3 Å². The van der Waals surface area contributed by atoms with Crippen molar-refractivity contribution in [2.24, 2.45) is 0 Å². The lowest BCUT2D eigenvalue weighted by atomic mass is 10.1. The van der Waals surface area contributed by atoms with E-state index in [0.29, 0.717) is 0 Å². The number of aryl methyl sites for hydroxylation is 1. The molecule has 1 rings (SSSR count). The third-order valence-corrected chi connectivity index (χ3v) is 1.77. The number of oxazole rings is 1. The smallest absolute Gasteiger partial charge is 0.180 e. The molecule has 0 aromatic carbocycles. The van der Waals surface area contributed by atoms with E-state index in [-0.39, 0.29) is 0 Å². The van der Waals surface area contributed by atoms with Gasteiger partial charge in [-0.15, -0.1) is 0 Å². The van der Waals surface area contributed by atoms with Crippen molar-refractivity contribution in [2.75, 3.05) is 0 Å². The maximum absolute atomic E-state index is 4.86. The van der Waals surface area contributed by atoms with Gasteiger partial charge in [-0.05, 0) is 12.8 Å². The average molecular weight is 153 g/mol. The fraction of sp³-hybridized carbons (Fsp3) is 0.667. The lowest BCUT2D eigenvalue weighted by molar-refractivity contribution is 0.555. The Kier molecular flexibility index (Phi) is 3.73. The third-order valence-electron chi connectivity index (χ3n) is 1.77. The van der Waals surface area contributed by atoms with Gasteiger partial charge in [0.1, 0.15) is 6.26 Å². The Balaban J connectivity index is 2.04. The van der Waals surface area contributed by atoms with Crippen molar-refractivity contribution < 1.29 is 4.42 Å². The highest BCUT2D eigenvalue weighted by atomic mass is 16.3. The van der Waals surface area contributed by atoms with Crippen LogP contribution in [0.5, 0.6) is 0 Å². The van der Waals surface area contributed by atoms with E-state index in [1.165, 1.54) is 32.1 Å². The van der Waals surface area contributed by atoms with Crippen LogP contribution >= 0.6 is 0 Å². The summed E-state index contributed by atoms with van der Waals surface area (Å²) in [5, 5.41) is 0. The van der Waals surface area contributed by atoms with Crippen LogP contribution in [0.25, 0.3) is 0 Å². The first kappa shape index (κ1) is 8.31. The van der Waals surface area contributed by atoms with Gasteiger partial charge in [0.25, 0.3) is 0 Å². The number of unbranched alkanes of at least 4 members (excludes halogenated alkanes) is 3. The largest absolute Gasteiger partial charge is 0.451 e. The number of rotatable bonds is 5. The molecule has 2 heteroatoms. The van der Waals surface area contributed by atoms with E-state index in [0.717, 1.165) is 12.1 Å². The summed E-state index contributed by atoms with van der Waals surface area (Å²) in [5.41, 5.74) is 1.08. The molecule has 0 spiro atoms. The summed E-state index contributed by atoms with van der Waals surface area (Å²) < 4.78 is 4.86. The van der Waals surface area contributed by atoms with E-state index < -0.39 is 0 Å². The van der Waals surface area contributed by atoms with Crippen LogP contribution < -0.4 is 0 Å². The minimum atomic E-state index is 1.07. The first-order valence-electron chi connectivity index (χ1n) is 4.30. The zero-order valence-electron chi connectivity index (χ0n) is 7.05. The molecule has 0 N–H and O–H groups in total. The first-order chi connectivity index (χ1) is 5.43. The topological polar surface area (TPSA) is 26.0 Å². The molecule has 62 valence electrons. The molecule has 0 bridgehead atoms. The fourth-order valence-electron chi connectivity index (χ4n) is 1.09. The molecule has 1 aromatic heterocycles. The van der Waals surface area contributed by atoms with Crippen molar-refractivity contribution in [3.63, 3.8) is 0 Å². The van der Waals surface area contributed by atoms with Crippen molar-refractivity contribution in [1.82, 2.24) is 4.98 Å². The van der Waals surface area contributed by atoms with Crippen LogP contribution in [0.4, 0.5) is 0 Å². The van der Waals surface area contributed by atoms with E-state index in [1.54, 1.807) is 6.26 Å². The van der Waals surface area contributed by atoms with E-state index in [4.69, 9.17) is 4.42 Å². The predicted octanol–water partition coefficient (Wildman–Crippen LogP) is 2.80. The Morgan fingerprint density at radius 2 is 2.27 bits per heavy atom.